The number of benzene rings is 3. The third kappa shape index (κ3) is 7.92. The van der Waals surface area contributed by atoms with Crippen LogP contribution in [0.5, 0.6) is 11.5 Å². The second-order valence-corrected chi connectivity index (χ2v) is 11.5. The van der Waals surface area contributed by atoms with Crippen molar-refractivity contribution in [3.8, 4) is 11.5 Å². The molecule has 0 saturated carbocycles. The number of sulfonamides is 1. The van der Waals surface area contributed by atoms with Crippen LogP contribution in [-0.2, 0) is 26.2 Å². The molecule has 3 rings (SSSR count). The first-order valence-electron chi connectivity index (χ1n) is 13.3. The number of hydrogen-bond donors (Lipinski definition) is 1. The summed E-state index contributed by atoms with van der Waals surface area (Å²) in [5.41, 5.74) is 0.937. The molecule has 3 aromatic carbocycles. The number of nitrogens with one attached hydrogen (secondary N) is 1. The van der Waals surface area contributed by atoms with Gasteiger partial charge in [-0.15, -0.1) is 0 Å². The molecule has 1 atom stereocenters. The number of methoxy groups -OCH3 is 2. The highest BCUT2D eigenvalue weighted by Crippen LogP contribution is 2.32. The molecule has 41 heavy (non-hydrogen) atoms. The van der Waals surface area contributed by atoms with E-state index in [4.69, 9.17) is 21.1 Å². The van der Waals surface area contributed by atoms with Crippen molar-refractivity contribution in [2.24, 2.45) is 0 Å². The fourth-order valence-corrected chi connectivity index (χ4v) is 5.95. The summed E-state index contributed by atoms with van der Waals surface area (Å²) in [6.07, 6.45) is 1.06. The van der Waals surface area contributed by atoms with Crippen LogP contribution in [0.4, 0.5) is 5.69 Å². The highest BCUT2D eigenvalue weighted by Gasteiger charge is 2.33. The lowest BCUT2D eigenvalue weighted by molar-refractivity contribution is -0.140. The fourth-order valence-electron chi connectivity index (χ4n) is 4.27. The maximum absolute atomic E-state index is 14.1. The molecule has 0 heterocycles. The molecule has 0 aliphatic rings. The first kappa shape index (κ1) is 31.8. The summed E-state index contributed by atoms with van der Waals surface area (Å²) in [6.45, 7) is 3.73. The van der Waals surface area contributed by atoms with Gasteiger partial charge >= 0.3 is 0 Å². The van der Waals surface area contributed by atoms with Gasteiger partial charge in [0.05, 0.1) is 29.8 Å². The van der Waals surface area contributed by atoms with Gasteiger partial charge in [0, 0.05) is 13.1 Å². The fraction of sp³-hybridized carbons (Fsp3) is 0.333. The molecule has 0 spiro atoms. The first-order valence-corrected chi connectivity index (χ1v) is 15.1. The monoisotopic (exact) mass is 601 g/mol. The van der Waals surface area contributed by atoms with E-state index in [1.54, 1.807) is 49.6 Å². The van der Waals surface area contributed by atoms with Crippen LogP contribution in [0.15, 0.2) is 77.7 Å². The lowest BCUT2D eigenvalue weighted by atomic mass is 10.1. The molecule has 3 aromatic rings. The molecular weight excluding hydrogens is 566 g/mol. The molecule has 0 aliphatic carbocycles. The van der Waals surface area contributed by atoms with Crippen molar-refractivity contribution >= 4 is 39.1 Å². The number of nitrogens with zero attached hydrogens (tertiary/aromatic N) is 2. The molecule has 0 saturated heterocycles. The zero-order valence-electron chi connectivity index (χ0n) is 23.7. The Morgan fingerprint density at radius 3 is 2.20 bits per heavy atom. The quantitative estimate of drug-likeness (QED) is 0.282. The van der Waals surface area contributed by atoms with E-state index in [1.165, 1.54) is 42.3 Å². The predicted molar refractivity (Wildman–Crippen MR) is 160 cm³/mol. The zero-order chi connectivity index (χ0) is 30.0. The van der Waals surface area contributed by atoms with Gasteiger partial charge in [0.1, 0.15) is 24.1 Å². The standard InChI is InChI=1S/C30H36ClN3O6S/c1-5-18-32-30(36)27(6-2)33(20-22-12-15-24(39-3)16-13-22)29(35)21-34(23-14-17-28(40-4)26(31)19-23)41(37,38)25-10-8-7-9-11-25/h7-17,19,27H,5-6,18,20-21H2,1-4H3,(H,32,36). The molecule has 9 nitrogen and oxygen atoms in total. The molecule has 2 amide bonds. The minimum absolute atomic E-state index is 0.00850. The summed E-state index contributed by atoms with van der Waals surface area (Å²) in [4.78, 5) is 28.7. The predicted octanol–water partition coefficient (Wildman–Crippen LogP) is 4.89. The van der Waals surface area contributed by atoms with Crippen molar-refractivity contribution in [2.75, 3.05) is 31.6 Å². The van der Waals surface area contributed by atoms with Crippen LogP contribution in [0, 0.1) is 0 Å². The van der Waals surface area contributed by atoms with Crippen molar-refractivity contribution in [3.05, 3.63) is 83.4 Å². The largest absolute Gasteiger partial charge is 0.497 e. The normalized spacial score (nSPS) is 11.8. The number of ether oxygens (including phenoxy) is 2. The van der Waals surface area contributed by atoms with Gasteiger partial charge < -0.3 is 19.7 Å². The van der Waals surface area contributed by atoms with E-state index in [0.717, 1.165) is 16.3 Å². The molecule has 220 valence electrons. The lowest BCUT2D eigenvalue weighted by Gasteiger charge is -2.33. The Kier molecular flexibility index (Phi) is 11.4. The van der Waals surface area contributed by atoms with Crippen LogP contribution in [0.25, 0.3) is 0 Å². The molecule has 0 bridgehead atoms. The van der Waals surface area contributed by atoms with Crippen LogP contribution in [0.1, 0.15) is 32.3 Å². The van der Waals surface area contributed by atoms with Crippen LogP contribution in [-0.4, -0.2) is 58.5 Å². The topological polar surface area (TPSA) is 105 Å². The van der Waals surface area contributed by atoms with Gasteiger partial charge in [-0.1, -0.05) is 55.8 Å². The zero-order valence-corrected chi connectivity index (χ0v) is 25.2. The summed E-state index contributed by atoms with van der Waals surface area (Å²) in [5.74, 6) is 0.154. The number of rotatable bonds is 14. The van der Waals surface area contributed by atoms with E-state index in [0.29, 0.717) is 24.5 Å². The van der Waals surface area contributed by atoms with E-state index < -0.39 is 28.5 Å². The van der Waals surface area contributed by atoms with E-state index in [2.05, 4.69) is 5.32 Å². The van der Waals surface area contributed by atoms with Gasteiger partial charge in [-0.3, -0.25) is 13.9 Å². The lowest BCUT2D eigenvalue weighted by Crippen LogP contribution is -2.52. The van der Waals surface area contributed by atoms with Gasteiger partial charge in [-0.05, 0) is 60.9 Å². The molecular formula is C30H36ClN3O6S. The van der Waals surface area contributed by atoms with Crippen molar-refractivity contribution in [1.82, 2.24) is 10.2 Å². The van der Waals surface area contributed by atoms with Gasteiger partial charge in [0.25, 0.3) is 10.0 Å². The number of anilines is 1. The second kappa shape index (κ2) is 14.7. The number of halogens is 1. The van der Waals surface area contributed by atoms with E-state index in [9.17, 15) is 18.0 Å². The number of carbonyl (C=O) groups excluding carboxylic acids is 2. The third-order valence-corrected chi connectivity index (χ3v) is 8.56. The van der Waals surface area contributed by atoms with Gasteiger partial charge in [-0.2, -0.15) is 0 Å². The molecule has 1 N–H and O–H groups in total. The Labute approximate surface area is 247 Å². The molecule has 0 radical (unpaired) electrons. The second-order valence-electron chi connectivity index (χ2n) is 9.23. The summed E-state index contributed by atoms with van der Waals surface area (Å²) in [7, 11) is -1.19. The average molecular weight is 602 g/mol. The van der Waals surface area contributed by atoms with Crippen LogP contribution >= 0.6 is 11.6 Å². The van der Waals surface area contributed by atoms with Crippen molar-refractivity contribution < 1.29 is 27.5 Å². The minimum Gasteiger partial charge on any atom is -0.497 e. The van der Waals surface area contributed by atoms with Crippen molar-refractivity contribution in [2.45, 2.75) is 44.2 Å². The average Bonchev–Trinajstić information content (AvgIpc) is 2.99. The minimum atomic E-state index is -4.20. The highest BCUT2D eigenvalue weighted by molar-refractivity contribution is 7.92. The van der Waals surface area contributed by atoms with E-state index in [-0.39, 0.29) is 28.1 Å². The van der Waals surface area contributed by atoms with Crippen molar-refractivity contribution in [3.63, 3.8) is 0 Å². The third-order valence-electron chi connectivity index (χ3n) is 6.48. The van der Waals surface area contributed by atoms with Gasteiger partial charge in [0.15, 0.2) is 0 Å². The van der Waals surface area contributed by atoms with E-state index in [1.807, 2.05) is 13.8 Å². The van der Waals surface area contributed by atoms with Crippen LogP contribution < -0.4 is 19.1 Å². The summed E-state index contributed by atoms with van der Waals surface area (Å²) >= 11 is 6.36. The molecule has 0 fully saturated rings. The Morgan fingerprint density at radius 2 is 1.63 bits per heavy atom. The van der Waals surface area contributed by atoms with Crippen molar-refractivity contribution in [1.29, 1.82) is 0 Å². The van der Waals surface area contributed by atoms with Gasteiger partial charge in [0.2, 0.25) is 11.8 Å². The Morgan fingerprint density at radius 1 is 0.951 bits per heavy atom. The summed E-state index contributed by atoms with van der Waals surface area (Å²) in [6, 6.07) is 18.7. The van der Waals surface area contributed by atoms with Crippen LogP contribution in [0.2, 0.25) is 5.02 Å². The maximum Gasteiger partial charge on any atom is 0.264 e. The number of amides is 2. The molecule has 0 aromatic heterocycles. The maximum atomic E-state index is 14.1. The summed E-state index contributed by atoms with van der Waals surface area (Å²) in [5, 5.41) is 3.05. The Hall–Kier alpha value is -3.76. The van der Waals surface area contributed by atoms with E-state index >= 15 is 0 Å². The molecule has 1 unspecified atom stereocenters. The Bertz CT molecular complexity index is 1420. The van der Waals surface area contributed by atoms with Crippen LogP contribution in [0.3, 0.4) is 0 Å². The molecule has 0 aliphatic heterocycles. The van der Waals surface area contributed by atoms with Gasteiger partial charge in [-0.25, -0.2) is 8.42 Å². The molecule has 11 heteroatoms. The highest BCUT2D eigenvalue weighted by atomic mass is 35.5. The summed E-state index contributed by atoms with van der Waals surface area (Å²) < 4.78 is 39.3. The first-order chi connectivity index (χ1) is 19.7. The number of hydrogen-bond acceptors (Lipinski definition) is 6. The smallest absolute Gasteiger partial charge is 0.264 e. The Balaban J connectivity index is 2.06. The SMILES string of the molecule is CCCNC(=O)C(CC)N(Cc1ccc(OC)cc1)C(=O)CN(c1ccc(OC)c(Cl)c1)S(=O)(=O)c1ccccc1. The number of carbonyl (C=O) groups is 2.